The molecule has 0 saturated carbocycles. The van der Waals surface area contributed by atoms with Crippen molar-refractivity contribution in [3.05, 3.63) is 30.5 Å². The molecule has 9 nitrogen and oxygen atoms in total. The van der Waals surface area contributed by atoms with Crippen LogP contribution in [0.4, 0.5) is 0 Å². The number of tetrazole rings is 1. The van der Waals surface area contributed by atoms with Crippen LogP contribution in [0.25, 0.3) is 22.6 Å². The molecule has 0 radical (unpaired) electrons. The van der Waals surface area contributed by atoms with Gasteiger partial charge in [0.1, 0.15) is 11.7 Å². The third-order valence-corrected chi connectivity index (χ3v) is 3.55. The average Bonchev–Trinajstić information content (AvgIpc) is 3.27. The van der Waals surface area contributed by atoms with Crippen LogP contribution in [-0.2, 0) is 4.79 Å². The van der Waals surface area contributed by atoms with Gasteiger partial charge in [-0.05, 0) is 11.6 Å². The maximum atomic E-state index is 11.8. The summed E-state index contributed by atoms with van der Waals surface area (Å²) in [5.74, 6) is 0.447. The molecular weight excluding hydrogens is 296 g/mol. The predicted molar refractivity (Wildman–Crippen MR) is 82.0 cm³/mol. The lowest BCUT2D eigenvalue weighted by Crippen LogP contribution is -2.29. The zero-order valence-electron chi connectivity index (χ0n) is 12.8. The topological polar surface area (TPSA) is 114 Å². The fourth-order valence-corrected chi connectivity index (χ4v) is 2.29. The van der Waals surface area contributed by atoms with E-state index in [2.05, 4.69) is 36.3 Å². The third-order valence-electron chi connectivity index (χ3n) is 3.55. The minimum Gasteiger partial charge on any atom is -0.357 e. The van der Waals surface area contributed by atoms with Crippen LogP contribution < -0.4 is 5.32 Å². The molecule has 9 heteroatoms. The Balaban J connectivity index is 1.84. The minimum atomic E-state index is -0.361. The van der Waals surface area contributed by atoms with Gasteiger partial charge in [0.2, 0.25) is 11.7 Å². The molecule has 23 heavy (non-hydrogen) atoms. The first-order valence-corrected chi connectivity index (χ1v) is 7.20. The molecule has 0 spiro atoms. The average molecular weight is 312 g/mol. The monoisotopic (exact) mass is 312 g/mol. The molecule has 118 valence electrons. The first-order valence-electron chi connectivity index (χ1n) is 7.20. The van der Waals surface area contributed by atoms with Gasteiger partial charge in [-0.15, -0.1) is 15.3 Å². The SMILES string of the molecule is CC[C@@H](C(=O)NC)n1cc(-c2ccc(-c3nn[nH]n3)cc2)nn1. The lowest BCUT2D eigenvalue weighted by Gasteiger charge is -2.12. The number of nitrogens with zero attached hydrogens (tertiary/aromatic N) is 6. The van der Waals surface area contributed by atoms with Gasteiger partial charge in [0.15, 0.2) is 0 Å². The number of aromatic amines is 1. The Kier molecular flexibility index (Phi) is 4.09. The summed E-state index contributed by atoms with van der Waals surface area (Å²) in [5, 5.41) is 24.7. The number of carbonyl (C=O) groups is 1. The van der Waals surface area contributed by atoms with Gasteiger partial charge in [-0.2, -0.15) is 5.21 Å². The number of rotatable bonds is 5. The normalized spacial score (nSPS) is 12.1. The number of H-pyrrole nitrogens is 1. The van der Waals surface area contributed by atoms with Gasteiger partial charge in [-0.3, -0.25) is 4.79 Å². The molecule has 0 aliphatic heterocycles. The second kappa shape index (κ2) is 6.34. The number of hydrogen-bond donors (Lipinski definition) is 2. The van der Waals surface area contributed by atoms with Gasteiger partial charge in [-0.1, -0.05) is 36.4 Å². The number of likely N-dealkylation sites (N-methyl/N-ethyl adjacent to an activating group) is 1. The molecule has 1 aromatic carbocycles. The Hall–Kier alpha value is -3.10. The van der Waals surface area contributed by atoms with E-state index in [-0.39, 0.29) is 11.9 Å². The fourth-order valence-electron chi connectivity index (χ4n) is 2.29. The summed E-state index contributed by atoms with van der Waals surface area (Å²) in [6, 6.07) is 7.21. The van der Waals surface area contributed by atoms with Crippen molar-refractivity contribution in [2.75, 3.05) is 7.05 Å². The molecule has 2 heterocycles. The molecule has 3 rings (SSSR count). The summed E-state index contributed by atoms with van der Waals surface area (Å²) < 4.78 is 1.58. The molecule has 0 unspecified atom stereocenters. The van der Waals surface area contributed by atoms with Crippen molar-refractivity contribution >= 4 is 5.91 Å². The van der Waals surface area contributed by atoms with Crippen LogP contribution >= 0.6 is 0 Å². The number of aromatic nitrogens is 7. The van der Waals surface area contributed by atoms with E-state index in [1.54, 1.807) is 17.9 Å². The van der Waals surface area contributed by atoms with E-state index in [1.165, 1.54) is 0 Å². The van der Waals surface area contributed by atoms with E-state index >= 15 is 0 Å². The highest BCUT2D eigenvalue weighted by atomic mass is 16.2. The van der Waals surface area contributed by atoms with Crippen LogP contribution in [0, 0.1) is 0 Å². The van der Waals surface area contributed by atoms with Crippen molar-refractivity contribution in [2.24, 2.45) is 0 Å². The molecule has 3 aromatic rings. The summed E-state index contributed by atoms with van der Waals surface area (Å²) >= 11 is 0. The molecular formula is C14H16N8O. The molecule has 0 aliphatic rings. The molecule has 2 aromatic heterocycles. The number of nitrogens with one attached hydrogen (secondary N) is 2. The summed E-state index contributed by atoms with van der Waals surface area (Å²) in [5.41, 5.74) is 2.45. The number of benzene rings is 1. The smallest absolute Gasteiger partial charge is 0.244 e. The summed E-state index contributed by atoms with van der Waals surface area (Å²) in [4.78, 5) is 11.8. The lowest BCUT2D eigenvalue weighted by molar-refractivity contribution is -0.124. The highest BCUT2D eigenvalue weighted by molar-refractivity contribution is 5.79. The van der Waals surface area contributed by atoms with Crippen LogP contribution in [0.15, 0.2) is 30.5 Å². The molecule has 0 saturated heterocycles. The van der Waals surface area contributed by atoms with Crippen molar-refractivity contribution < 1.29 is 4.79 Å². The number of hydrogen-bond acceptors (Lipinski definition) is 6. The zero-order valence-corrected chi connectivity index (χ0v) is 12.8. The largest absolute Gasteiger partial charge is 0.357 e. The Morgan fingerprint density at radius 2 is 2.00 bits per heavy atom. The van der Waals surface area contributed by atoms with Crippen molar-refractivity contribution in [1.82, 2.24) is 40.9 Å². The van der Waals surface area contributed by atoms with E-state index in [0.717, 1.165) is 11.1 Å². The highest BCUT2D eigenvalue weighted by Gasteiger charge is 2.19. The molecule has 0 fully saturated rings. The summed E-state index contributed by atoms with van der Waals surface area (Å²) in [7, 11) is 1.61. The van der Waals surface area contributed by atoms with Crippen molar-refractivity contribution in [3.63, 3.8) is 0 Å². The molecule has 0 bridgehead atoms. The Morgan fingerprint density at radius 1 is 1.26 bits per heavy atom. The Bertz CT molecular complexity index is 777. The molecule has 2 N–H and O–H groups in total. The van der Waals surface area contributed by atoms with Crippen molar-refractivity contribution in [1.29, 1.82) is 0 Å². The fraction of sp³-hybridized carbons (Fsp3) is 0.286. The number of amides is 1. The van der Waals surface area contributed by atoms with Crippen LogP contribution in [-0.4, -0.2) is 48.6 Å². The highest BCUT2D eigenvalue weighted by Crippen LogP contribution is 2.22. The zero-order chi connectivity index (χ0) is 16.2. The second-order valence-corrected chi connectivity index (χ2v) is 4.93. The Labute approximate surface area is 132 Å². The first kappa shape index (κ1) is 14.8. The molecule has 0 aliphatic carbocycles. The molecule has 1 atom stereocenters. The van der Waals surface area contributed by atoms with E-state index in [0.29, 0.717) is 17.9 Å². The quantitative estimate of drug-likeness (QED) is 0.721. The predicted octanol–water partition coefficient (Wildman–Crippen LogP) is 0.822. The van der Waals surface area contributed by atoms with E-state index in [1.807, 2.05) is 31.2 Å². The number of carbonyl (C=O) groups excluding carboxylic acids is 1. The van der Waals surface area contributed by atoms with Gasteiger partial charge in [0.05, 0.1) is 6.20 Å². The van der Waals surface area contributed by atoms with Crippen LogP contribution in [0.1, 0.15) is 19.4 Å². The van der Waals surface area contributed by atoms with Gasteiger partial charge < -0.3 is 5.32 Å². The standard InChI is InChI=1S/C14H16N8O/c1-3-12(14(23)15-2)22-8-11(16-21-22)9-4-6-10(7-5-9)13-17-19-20-18-13/h4-8,12H,3H2,1-2H3,(H,15,23)(H,17,18,19,20)/t12-/m0/s1. The van der Waals surface area contributed by atoms with Crippen LogP contribution in [0.5, 0.6) is 0 Å². The third kappa shape index (κ3) is 2.93. The molecule has 1 amide bonds. The maximum absolute atomic E-state index is 11.8. The minimum absolute atomic E-state index is 0.0867. The summed E-state index contributed by atoms with van der Waals surface area (Å²) in [6.45, 7) is 1.93. The van der Waals surface area contributed by atoms with E-state index in [4.69, 9.17) is 0 Å². The van der Waals surface area contributed by atoms with Crippen molar-refractivity contribution in [3.8, 4) is 22.6 Å². The Morgan fingerprint density at radius 3 is 2.61 bits per heavy atom. The maximum Gasteiger partial charge on any atom is 0.244 e. The van der Waals surface area contributed by atoms with E-state index in [9.17, 15) is 4.79 Å². The van der Waals surface area contributed by atoms with Gasteiger partial charge >= 0.3 is 0 Å². The lowest BCUT2D eigenvalue weighted by atomic mass is 10.1. The van der Waals surface area contributed by atoms with E-state index < -0.39 is 0 Å². The first-order chi connectivity index (χ1) is 11.2. The van der Waals surface area contributed by atoms with Gasteiger partial charge in [-0.25, -0.2) is 4.68 Å². The summed E-state index contributed by atoms with van der Waals surface area (Å²) in [6.07, 6.45) is 2.41. The van der Waals surface area contributed by atoms with Crippen molar-refractivity contribution in [2.45, 2.75) is 19.4 Å². The van der Waals surface area contributed by atoms with Crippen LogP contribution in [0.2, 0.25) is 0 Å². The van der Waals surface area contributed by atoms with Gasteiger partial charge in [0, 0.05) is 18.2 Å². The van der Waals surface area contributed by atoms with Gasteiger partial charge in [0.25, 0.3) is 0 Å². The van der Waals surface area contributed by atoms with Crippen LogP contribution in [0.3, 0.4) is 0 Å². The second-order valence-electron chi connectivity index (χ2n) is 4.93.